The molecule has 6 heteroatoms. The van der Waals surface area contributed by atoms with Gasteiger partial charge in [-0.2, -0.15) is 0 Å². The summed E-state index contributed by atoms with van der Waals surface area (Å²) in [5, 5.41) is 10.6. The van der Waals surface area contributed by atoms with Crippen molar-refractivity contribution in [1.82, 2.24) is 4.90 Å². The largest absolute Gasteiger partial charge is 0.489 e. The van der Waals surface area contributed by atoms with Crippen molar-refractivity contribution in [2.45, 2.75) is 25.5 Å². The zero-order valence-electron chi connectivity index (χ0n) is 17.6. The fourth-order valence-electron chi connectivity index (χ4n) is 4.23. The Kier molecular flexibility index (Phi) is 7.36. The molecule has 0 radical (unpaired) electrons. The van der Waals surface area contributed by atoms with Crippen LogP contribution in [0.4, 0.5) is 0 Å². The Bertz CT molecular complexity index is 1060. The summed E-state index contributed by atoms with van der Waals surface area (Å²) in [5.41, 5.74) is 3.16. The van der Waals surface area contributed by atoms with Gasteiger partial charge in [0.2, 0.25) is 0 Å². The monoisotopic (exact) mass is 469 g/mol. The van der Waals surface area contributed by atoms with Crippen LogP contribution in [0.25, 0.3) is 0 Å². The molecule has 0 amide bonds. The van der Waals surface area contributed by atoms with Gasteiger partial charge in [-0.15, -0.1) is 0 Å². The number of ether oxygens (including phenoxy) is 1. The number of halogens is 2. The first-order valence-electron chi connectivity index (χ1n) is 10.7. The molecule has 32 heavy (non-hydrogen) atoms. The second-order valence-corrected chi connectivity index (χ2v) is 8.91. The number of piperidine rings is 1. The van der Waals surface area contributed by atoms with E-state index < -0.39 is 5.97 Å². The fraction of sp³-hybridized carbons (Fsp3) is 0.269. The van der Waals surface area contributed by atoms with Crippen LogP contribution < -0.4 is 4.74 Å². The molecule has 0 aliphatic carbocycles. The van der Waals surface area contributed by atoms with Crippen LogP contribution in [-0.4, -0.2) is 29.1 Å². The highest BCUT2D eigenvalue weighted by molar-refractivity contribution is 6.42. The van der Waals surface area contributed by atoms with E-state index in [1.165, 1.54) is 0 Å². The van der Waals surface area contributed by atoms with Gasteiger partial charge in [0.15, 0.2) is 0 Å². The van der Waals surface area contributed by atoms with E-state index in [4.69, 9.17) is 27.9 Å². The van der Waals surface area contributed by atoms with Crippen LogP contribution in [0.5, 0.6) is 5.75 Å². The molecule has 0 aromatic heterocycles. The van der Waals surface area contributed by atoms with Crippen LogP contribution in [0.2, 0.25) is 10.0 Å². The first-order chi connectivity index (χ1) is 15.5. The Morgan fingerprint density at radius 2 is 1.72 bits per heavy atom. The van der Waals surface area contributed by atoms with Crippen LogP contribution in [0, 0.1) is 5.92 Å². The topological polar surface area (TPSA) is 49.8 Å². The highest BCUT2D eigenvalue weighted by Crippen LogP contribution is 2.36. The number of carbonyl (C=O) groups is 1. The lowest BCUT2D eigenvalue weighted by Gasteiger charge is -2.37. The van der Waals surface area contributed by atoms with Crippen LogP contribution in [-0.2, 0) is 11.4 Å². The summed E-state index contributed by atoms with van der Waals surface area (Å²) in [6.07, 6.45) is 1.54. The zero-order valence-corrected chi connectivity index (χ0v) is 19.1. The summed E-state index contributed by atoms with van der Waals surface area (Å²) in [7, 11) is 0. The minimum Gasteiger partial charge on any atom is -0.489 e. The van der Waals surface area contributed by atoms with Crippen molar-refractivity contribution < 1.29 is 14.6 Å². The molecule has 1 saturated heterocycles. The Morgan fingerprint density at radius 3 is 2.41 bits per heavy atom. The van der Waals surface area contributed by atoms with Crippen LogP contribution in [0.3, 0.4) is 0 Å². The highest BCUT2D eigenvalue weighted by atomic mass is 35.5. The number of nitrogens with zero attached hydrogens (tertiary/aromatic N) is 1. The van der Waals surface area contributed by atoms with E-state index >= 15 is 0 Å². The predicted octanol–water partition coefficient (Wildman–Crippen LogP) is 6.46. The molecule has 0 bridgehead atoms. The molecule has 166 valence electrons. The Morgan fingerprint density at radius 1 is 1.00 bits per heavy atom. The number of carboxylic acids is 1. The molecule has 4 nitrogen and oxygen atoms in total. The van der Waals surface area contributed by atoms with E-state index in [-0.39, 0.29) is 12.0 Å². The smallest absolute Gasteiger partial charge is 0.307 e. The Hall–Kier alpha value is -2.53. The summed E-state index contributed by atoms with van der Waals surface area (Å²) in [6, 6.07) is 23.5. The van der Waals surface area contributed by atoms with Crippen LogP contribution >= 0.6 is 23.2 Å². The number of carboxylic acid groups (broad SMARTS) is 1. The third-order valence-electron chi connectivity index (χ3n) is 5.87. The van der Waals surface area contributed by atoms with E-state index in [0.717, 1.165) is 35.4 Å². The van der Waals surface area contributed by atoms with Gasteiger partial charge in [-0.1, -0.05) is 71.7 Å². The summed E-state index contributed by atoms with van der Waals surface area (Å²) in [4.78, 5) is 13.9. The fourth-order valence-corrected chi connectivity index (χ4v) is 4.53. The molecule has 4 rings (SSSR count). The van der Waals surface area contributed by atoms with Crippen LogP contribution in [0.15, 0.2) is 72.8 Å². The standard InChI is InChI=1S/C26H25Cl2NO3/c27-23-13-10-20(15-24(23)28)25(29-14-4-7-21(16-29)26(30)31)19-8-11-22(12-9-19)32-17-18-5-2-1-3-6-18/h1-3,5-6,8-13,15,21,25H,4,7,14,16-17H2,(H,30,31). The molecule has 3 aromatic rings. The van der Waals surface area contributed by atoms with Crippen LogP contribution in [0.1, 0.15) is 35.6 Å². The van der Waals surface area contributed by atoms with Crippen molar-refractivity contribution in [2.24, 2.45) is 5.92 Å². The summed E-state index contributed by atoms with van der Waals surface area (Å²) in [6.45, 7) is 1.82. The van der Waals surface area contributed by atoms with Gasteiger partial charge in [0.25, 0.3) is 0 Å². The van der Waals surface area contributed by atoms with E-state index in [1.807, 2.05) is 66.7 Å². The van der Waals surface area contributed by atoms with Gasteiger partial charge in [-0.3, -0.25) is 9.69 Å². The highest BCUT2D eigenvalue weighted by Gasteiger charge is 2.31. The summed E-state index contributed by atoms with van der Waals surface area (Å²) in [5.74, 6) is -0.331. The molecule has 2 unspecified atom stereocenters. The first kappa shape index (κ1) is 22.7. The molecule has 1 aliphatic rings. The Labute approximate surface area is 198 Å². The third kappa shape index (κ3) is 5.44. The number of hydrogen-bond acceptors (Lipinski definition) is 3. The second-order valence-electron chi connectivity index (χ2n) is 8.09. The molecule has 3 aromatic carbocycles. The number of likely N-dealkylation sites (tertiary alicyclic amines) is 1. The SMILES string of the molecule is O=C(O)C1CCCN(C(c2ccc(OCc3ccccc3)cc2)c2ccc(Cl)c(Cl)c2)C1. The maximum atomic E-state index is 11.6. The zero-order chi connectivity index (χ0) is 22.5. The van der Waals surface area contributed by atoms with Crippen molar-refractivity contribution in [3.63, 3.8) is 0 Å². The molecule has 1 N–H and O–H groups in total. The van der Waals surface area contributed by atoms with Crippen molar-refractivity contribution >= 4 is 29.2 Å². The van der Waals surface area contributed by atoms with Gasteiger partial charge in [0.1, 0.15) is 12.4 Å². The van der Waals surface area contributed by atoms with Gasteiger partial charge in [-0.25, -0.2) is 0 Å². The maximum Gasteiger partial charge on any atom is 0.307 e. The average Bonchev–Trinajstić information content (AvgIpc) is 2.82. The lowest BCUT2D eigenvalue weighted by Crippen LogP contribution is -2.41. The molecule has 2 atom stereocenters. The number of aliphatic carboxylic acids is 1. The molecular formula is C26H25Cl2NO3. The number of rotatable bonds is 7. The molecule has 0 saturated carbocycles. The first-order valence-corrected chi connectivity index (χ1v) is 11.5. The third-order valence-corrected chi connectivity index (χ3v) is 6.61. The predicted molar refractivity (Wildman–Crippen MR) is 127 cm³/mol. The normalized spacial score (nSPS) is 17.6. The molecule has 1 heterocycles. The molecule has 1 aliphatic heterocycles. The maximum absolute atomic E-state index is 11.6. The van der Waals surface area contributed by atoms with E-state index in [1.54, 1.807) is 6.07 Å². The lowest BCUT2D eigenvalue weighted by atomic mass is 9.91. The summed E-state index contributed by atoms with van der Waals surface area (Å²) >= 11 is 12.5. The van der Waals surface area contributed by atoms with Crippen molar-refractivity contribution in [1.29, 1.82) is 0 Å². The average molecular weight is 470 g/mol. The van der Waals surface area contributed by atoms with E-state index in [9.17, 15) is 9.90 Å². The van der Waals surface area contributed by atoms with Gasteiger partial charge in [0.05, 0.1) is 22.0 Å². The van der Waals surface area contributed by atoms with Crippen molar-refractivity contribution in [2.75, 3.05) is 13.1 Å². The quantitative estimate of drug-likeness (QED) is 0.431. The summed E-state index contributed by atoms with van der Waals surface area (Å²) < 4.78 is 5.93. The van der Waals surface area contributed by atoms with Crippen molar-refractivity contribution in [3.05, 3.63) is 99.5 Å². The lowest BCUT2D eigenvalue weighted by molar-refractivity contribution is -0.143. The van der Waals surface area contributed by atoms with Crippen molar-refractivity contribution in [3.8, 4) is 5.75 Å². The van der Waals surface area contributed by atoms with Gasteiger partial charge in [0, 0.05) is 6.54 Å². The number of hydrogen-bond donors (Lipinski definition) is 1. The molecule has 0 spiro atoms. The van der Waals surface area contributed by atoms with E-state index in [2.05, 4.69) is 4.90 Å². The Balaban J connectivity index is 1.59. The van der Waals surface area contributed by atoms with Gasteiger partial charge < -0.3 is 9.84 Å². The molecular weight excluding hydrogens is 445 g/mol. The van der Waals surface area contributed by atoms with Gasteiger partial charge in [-0.05, 0) is 60.3 Å². The molecule has 1 fully saturated rings. The second kappa shape index (κ2) is 10.4. The minimum atomic E-state index is -0.743. The van der Waals surface area contributed by atoms with Gasteiger partial charge >= 0.3 is 5.97 Å². The minimum absolute atomic E-state index is 0.116. The number of benzene rings is 3. The van der Waals surface area contributed by atoms with E-state index in [0.29, 0.717) is 29.6 Å².